The summed E-state index contributed by atoms with van der Waals surface area (Å²) >= 11 is 0. The van der Waals surface area contributed by atoms with Gasteiger partial charge in [-0.2, -0.15) is 0 Å². The predicted octanol–water partition coefficient (Wildman–Crippen LogP) is 2.80. The van der Waals surface area contributed by atoms with Gasteiger partial charge in [-0.25, -0.2) is 13.1 Å². The van der Waals surface area contributed by atoms with Gasteiger partial charge in [0.2, 0.25) is 10.0 Å². The monoisotopic (exact) mass is 335 g/mol. The second-order valence-electron chi connectivity index (χ2n) is 7.32. The Hall–Kier alpha value is -0.910. The van der Waals surface area contributed by atoms with Crippen molar-refractivity contribution in [2.75, 3.05) is 13.2 Å². The molecule has 1 aromatic rings. The topological polar surface area (TPSA) is 55.4 Å². The first-order valence-electron chi connectivity index (χ1n) is 8.81. The molecule has 4 rings (SSSR count). The summed E-state index contributed by atoms with van der Waals surface area (Å²) in [4.78, 5) is 0.437. The van der Waals surface area contributed by atoms with Crippen LogP contribution < -0.4 is 4.72 Å². The van der Waals surface area contributed by atoms with E-state index in [1.165, 1.54) is 17.5 Å². The van der Waals surface area contributed by atoms with Gasteiger partial charge in [0.15, 0.2) is 0 Å². The minimum absolute atomic E-state index is 0.0763. The zero-order chi connectivity index (χ0) is 15.9. The molecule has 1 N–H and O–H groups in total. The lowest BCUT2D eigenvalue weighted by Gasteiger charge is -2.51. The number of hydrogen-bond donors (Lipinski definition) is 1. The third-order valence-electron chi connectivity index (χ3n) is 6.09. The van der Waals surface area contributed by atoms with Crippen molar-refractivity contribution in [2.45, 2.75) is 62.3 Å². The van der Waals surface area contributed by atoms with Crippen molar-refractivity contribution in [3.05, 3.63) is 29.3 Å². The number of rotatable bonds is 3. The minimum atomic E-state index is -3.42. The number of aryl methyl sites for hydroxylation is 2. The second kappa shape index (κ2) is 5.87. The highest BCUT2D eigenvalue weighted by molar-refractivity contribution is 7.89. The molecule has 4 nitrogen and oxygen atoms in total. The van der Waals surface area contributed by atoms with Gasteiger partial charge >= 0.3 is 0 Å². The largest absolute Gasteiger partial charge is 0.381 e. The zero-order valence-corrected chi connectivity index (χ0v) is 14.3. The first kappa shape index (κ1) is 15.6. The van der Waals surface area contributed by atoms with Crippen LogP contribution in [0.25, 0.3) is 0 Å². The van der Waals surface area contributed by atoms with Gasteiger partial charge in [0.25, 0.3) is 0 Å². The van der Waals surface area contributed by atoms with Crippen LogP contribution in [0.1, 0.15) is 49.7 Å². The fraction of sp³-hybridized carbons (Fsp3) is 0.667. The minimum Gasteiger partial charge on any atom is -0.381 e. The third-order valence-corrected chi connectivity index (χ3v) is 7.56. The molecule has 1 unspecified atom stereocenters. The molecule has 1 saturated heterocycles. The van der Waals surface area contributed by atoms with E-state index in [0.717, 1.165) is 58.2 Å². The number of ether oxygens (including phenoxy) is 1. The normalized spacial score (nSPS) is 26.5. The van der Waals surface area contributed by atoms with E-state index >= 15 is 0 Å². The lowest BCUT2D eigenvalue weighted by molar-refractivity contribution is -0.0483. The fourth-order valence-corrected chi connectivity index (χ4v) is 5.81. The Bertz CT molecular complexity index is 692. The van der Waals surface area contributed by atoms with E-state index in [4.69, 9.17) is 4.74 Å². The standard InChI is InChI=1S/C18H25NO3S/c20-23(21,16-6-5-14-3-1-2-4-15(14)13-16)19-17-7-8-18(17)9-11-22-12-10-18/h5-6,13,17,19H,1-4,7-12H2. The van der Waals surface area contributed by atoms with Crippen molar-refractivity contribution in [3.63, 3.8) is 0 Å². The lowest BCUT2D eigenvalue weighted by Crippen LogP contribution is -2.57. The van der Waals surface area contributed by atoms with Crippen LogP contribution in [0, 0.1) is 5.41 Å². The fourth-order valence-electron chi connectivity index (χ4n) is 4.39. The van der Waals surface area contributed by atoms with Crippen LogP contribution in [0.4, 0.5) is 0 Å². The van der Waals surface area contributed by atoms with Gasteiger partial charge in [-0.15, -0.1) is 0 Å². The Balaban J connectivity index is 1.54. The molecule has 1 aliphatic heterocycles. The quantitative estimate of drug-likeness (QED) is 0.924. The van der Waals surface area contributed by atoms with Crippen LogP contribution in [-0.4, -0.2) is 27.7 Å². The smallest absolute Gasteiger partial charge is 0.240 e. The maximum Gasteiger partial charge on any atom is 0.240 e. The van der Waals surface area contributed by atoms with Gasteiger partial charge in [0.05, 0.1) is 4.90 Å². The molecule has 0 amide bonds. The SMILES string of the molecule is O=S(=O)(NC1CCC12CCOCC2)c1ccc2c(c1)CCCC2. The summed E-state index contributed by atoms with van der Waals surface area (Å²) in [7, 11) is -3.42. The van der Waals surface area contributed by atoms with Gasteiger partial charge in [0, 0.05) is 19.3 Å². The van der Waals surface area contributed by atoms with Gasteiger partial charge in [0.1, 0.15) is 0 Å². The summed E-state index contributed by atoms with van der Waals surface area (Å²) in [5.74, 6) is 0. The molecule has 5 heteroatoms. The number of hydrogen-bond acceptors (Lipinski definition) is 3. The van der Waals surface area contributed by atoms with E-state index < -0.39 is 10.0 Å². The first-order valence-corrected chi connectivity index (χ1v) is 10.3. The predicted molar refractivity (Wildman–Crippen MR) is 88.9 cm³/mol. The molecule has 126 valence electrons. The molecule has 1 aromatic carbocycles. The highest BCUT2D eigenvalue weighted by atomic mass is 32.2. The summed E-state index contributed by atoms with van der Waals surface area (Å²) in [5, 5.41) is 0. The highest BCUT2D eigenvalue weighted by Crippen LogP contribution is 2.49. The average Bonchev–Trinajstić information content (AvgIpc) is 2.59. The van der Waals surface area contributed by atoms with Gasteiger partial charge in [-0.1, -0.05) is 6.07 Å². The summed E-state index contributed by atoms with van der Waals surface area (Å²) < 4.78 is 34.1. The Morgan fingerprint density at radius 3 is 2.48 bits per heavy atom. The maximum absolute atomic E-state index is 12.8. The van der Waals surface area contributed by atoms with Crippen molar-refractivity contribution >= 4 is 10.0 Å². The molecule has 1 saturated carbocycles. The average molecular weight is 335 g/mol. The van der Waals surface area contributed by atoms with Crippen molar-refractivity contribution < 1.29 is 13.2 Å². The molecule has 0 aromatic heterocycles. The number of nitrogens with one attached hydrogen (secondary N) is 1. The van der Waals surface area contributed by atoms with Crippen LogP contribution in [0.15, 0.2) is 23.1 Å². The Morgan fingerprint density at radius 2 is 1.78 bits per heavy atom. The Labute approximate surface area is 138 Å². The second-order valence-corrected chi connectivity index (χ2v) is 9.04. The van der Waals surface area contributed by atoms with Crippen LogP contribution >= 0.6 is 0 Å². The van der Waals surface area contributed by atoms with Crippen LogP contribution in [0.5, 0.6) is 0 Å². The van der Waals surface area contributed by atoms with E-state index in [9.17, 15) is 8.42 Å². The van der Waals surface area contributed by atoms with E-state index in [0.29, 0.717) is 4.90 Å². The van der Waals surface area contributed by atoms with Crippen molar-refractivity contribution in [3.8, 4) is 0 Å². The van der Waals surface area contributed by atoms with E-state index in [1.54, 1.807) is 6.07 Å². The third kappa shape index (κ3) is 2.83. The molecule has 1 heterocycles. The van der Waals surface area contributed by atoms with E-state index in [1.807, 2.05) is 12.1 Å². The summed E-state index contributed by atoms with van der Waals surface area (Å²) in [5.41, 5.74) is 2.67. The summed E-state index contributed by atoms with van der Waals surface area (Å²) in [6.07, 6.45) is 8.48. The lowest BCUT2D eigenvalue weighted by atomic mass is 9.60. The molecule has 2 aliphatic carbocycles. The Morgan fingerprint density at radius 1 is 1.04 bits per heavy atom. The first-order chi connectivity index (χ1) is 11.1. The molecular weight excluding hydrogens is 310 g/mol. The number of benzene rings is 1. The molecular formula is C18H25NO3S. The molecule has 23 heavy (non-hydrogen) atoms. The molecule has 0 bridgehead atoms. The molecule has 1 atom stereocenters. The number of sulfonamides is 1. The zero-order valence-electron chi connectivity index (χ0n) is 13.5. The number of fused-ring (bicyclic) bond motifs is 1. The van der Waals surface area contributed by atoms with Crippen molar-refractivity contribution in [1.29, 1.82) is 0 Å². The van der Waals surface area contributed by atoms with Crippen LogP contribution in [-0.2, 0) is 27.6 Å². The van der Waals surface area contributed by atoms with E-state index in [-0.39, 0.29) is 11.5 Å². The molecule has 0 radical (unpaired) electrons. The summed E-state index contributed by atoms with van der Waals surface area (Å²) in [6, 6.07) is 5.76. The van der Waals surface area contributed by atoms with Gasteiger partial charge in [-0.05, 0) is 80.0 Å². The highest BCUT2D eigenvalue weighted by Gasteiger charge is 2.48. The van der Waals surface area contributed by atoms with Crippen molar-refractivity contribution in [2.24, 2.45) is 5.41 Å². The molecule has 3 aliphatic rings. The summed E-state index contributed by atoms with van der Waals surface area (Å²) in [6.45, 7) is 1.52. The molecule has 1 spiro atoms. The van der Waals surface area contributed by atoms with Gasteiger partial charge < -0.3 is 4.74 Å². The van der Waals surface area contributed by atoms with Crippen LogP contribution in [0.3, 0.4) is 0 Å². The maximum atomic E-state index is 12.8. The van der Waals surface area contributed by atoms with Gasteiger partial charge in [-0.3, -0.25) is 0 Å². The van der Waals surface area contributed by atoms with Crippen LogP contribution in [0.2, 0.25) is 0 Å². The Kier molecular flexibility index (Phi) is 3.98. The van der Waals surface area contributed by atoms with Crippen molar-refractivity contribution in [1.82, 2.24) is 4.72 Å². The van der Waals surface area contributed by atoms with E-state index in [2.05, 4.69) is 4.72 Å². The molecule has 2 fully saturated rings.